The van der Waals surface area contributed by atoms with Gasteiger partial charge in [0.05, 0.1) is 23.4 Å². The third-order valence-electron chi connectivity index (χ3n) is 5.52. The molecule has 13 heteroatoms. The molecule has 0 fully saturated rings. The predicted molar refractivity (Wildman–Crippen MR) is 137 cm³/mol. The second kappa shape index (κ2) is 11.8. The zero-order chi connectivity index (χ0) is 26.5. The molecule has 0 bridgehead atoms. The number of methoxy groups -OCH3 is 2. The van der Waals surface area contributed by atoms with Crippen LogP contribution in [-0.4, -0.2) is 49.2 Å². The summed E-state index contributed by atoms with van der Waals surface area (Å²) in [6.07, 6.45) is 2.55. The van der Waals surface area contributed by atoms with Gasteiger partial charge in [0, 0.05) is 31.6 Å². The second-order valence-electron chi connectivity index (χ2n) is 8.00. The van der Waals surface area contributed by atoms with E-state index in [-0.39, 0.29) is 5.25 Å². The molecule has 3 heterocycles. The van der Waals surface area contributed by atoms with Crippen molar-refractivity contribution in [2.75, 3.05) is 18.9 Å². The van der Waals surface area contributed by atoms with Crippen LogP contribution in [0.5, 0.6) is 5.88 Å². The summed E-state index contributed by atoms with van der Waals surface area (Å²) in [6, 6.07) is 8.04. The maximum atomic E-state index is 14.1. The van der Waals surface area contributed by atoms with E-state index in [1.165, 1.54) is 43.6 Å². The Morgan fingerprint density at radius 2 is 1.73 bits per heavy atom. The van der Waals surface area contributed by atoms with Gasteiger partial charge in [-0.2, -0.15) is 0 Å². The fourth-order valence-corrected chi connectivity index (χ4v) is 4.59. The van der Waals surface area contributed by atoms with Crippen LogP contribution < -0.4 is 9.46 Å². The topological polar surface area (TPSA) is 99.9 Å². The van der Waals surface area contributed by atoms with Gasteiger partial charge in [0.15, 0.2) is 11.6 Å². The standard InChI is InChI=1S/C24H24ClF2N7O2S/c1-13(15-8-17(26)10-18(27)9-15)34-23(19-6-5-7-20(30-19)35-3)31-32-24(34)33-37-14(2)21(36-4)22-28-11-16(25)12-29-22/h5-14,21H,1-4H3,(H,32,33)/t13-,14?,21?/m0/s1. The Labute approximate surface area is 221 Å². The normalized spacial score (nSPS) is 13.7. The van der Waals surface area contributed by atoms with Crippen molar-refractivity contribution in [2.45, 2.75) is 31.2 Å². The summed E-state index contributed by atoms with van der Waals surface area (Å²) in [7, 11) is 3.08. The summed E-state index contributed by atoms with van der Waals surface area (Å²) < 4.78 is 43.9. The number of rotatable bonds is 10. The average Bonchev–Trinajstić information content (AvgIpc) is 3.32. The molecule has 9 nitrogen and oxygen atoms in total. The molecule has 0 spiro atoms. The SMILES string of the molecule is COc1cccc(-c2nnc(NSC(C)C(OC)c3ncc(Cl)cn3)n2[C@@H](C)c2cc(F)cc(F)c2)n1. The van der Waals surface area contributed by atoms with Gasteiger partial charge in [-0.15, -0.1) is 10.2 Å². The molecule has 4 aromatic rings. The molecule has 1 aromatic carbocycles. The number of hydrogen-bond donors (Lipinski definition) is 1. The summed E-state index contributed by atoms with van der Waals surface area (Å²) in [5.74, 6) is 0.232. The lowest BCUT2D eigenvalue weighted by Crippen LogP contribution is -2.19. The molecule has 0 aliphatic carbocycles. The molecule has 0 radical (unpaired) electrons. The lowest BCUT2D eigenvalue weighted by molar-refractivity contribution is 0.0972. The monoisotopic (exact) mass is 547 g/mol. The first-order valence-electron chi connectivity index (χ1n) is 11.1. The molecular weight excluding hydrogens is 524 g/mol. The fourth-order valence-electron chi connectivity index (χ4n) is 3.70. The Kier molecular flexibility index (Phi) is 8.52. The summed E-state index contributed by atoms with van der Waals surface area (Å²) in [4.78, 5) is 13.0. The van der Waals surface area contributed by atoms with Crippen LogP contribution in [0.15, 0.2) is 48.8 Å². The predicted octanol–water partition coefficient (Wildman–Crippen LogP) is 5.52. The van der Waals surface area contributed by atoms with E-state index in [9.17, 15) is 8.78 Å². The number of nitrogens with one attached hydrogen (secondary N) is 1. The van der Waals surface area contributed by atoms with E-state index in [0.717, 1.165) is 6.07 Å². The van der Waals surface area contributed by atoms with Crippen molar-refractivity contribution in [1.29, 1.82) is 0 Å². The van der Waals surface area contributed by atoms with Crippen molar-refractivity contribution in [2.24, 2.45) is 0 Å². The number of aromatic nitrogens is 6. The Hall–Kier alpha value is -3.35. The minimum absolute atomic E-state index is 0.184. The number of pyridine rings is 1. The highest BCUT2D eigenvalue weighted by molar-refractivity contribution is 8.01. The van der Waals surface area contributed by atoms with Gasteiger partial charge in [-0.05, 0) is 49.6 Å². The fraction of sp³-hybridized carbons (Fsp3) is 0.292. The number of anilines is 1. The van der Waals surface area contributed by atoms with Gasteiger partial charge < -0.3 is 9.47 Å². The van der Waals surface area contributed by atoms with Gasteiger partial charge >= 0.3 is 0 Å². The van der Waals surface area contributed by atoms with Crippen LogP contribution in [0.2, 0.25) is 5.02 Å². The van der Waals surface area contributed by atoms with E-state index in [1.807, 2.05) is 6.92 Å². The van der Waals surface area contributed by atoms with Crippen molar-refractivity contribution in [3.05, 3.63) is 76.8 Å². The van der Waals surface area contributed by atoms with Gasteiger partial charge in [-0.3, -0.25) is 9.29 Å². The van der Waals surface area contributed by atoms with Crippen molar-refractivity contribution >= 4 is 29.5 Å². The molecule has 3 aromatic heterocycles. The molecule has 2 unspecified atom stereocenters. The highest BCUT2D eigenvalue weighted by Crippen LogP contribution is 2.33. The highest BCUT2D eigenvalue weighted by atomic mass is 35.5. The highest BCUT2D eigenvalue weighted by Gasteiger charge is 2.26. The third kappa shape index (κ3) is 6.14. The minimum Gasteiger partial charge on any atom is -0.481 e. The third-order valence-corrected chi connectivity index (χ3v) is 6.64. The first-order valence-corrected chi connectivity index (χ1v) is 12.4. The summed E-state index contributed by atoms with van der Waals surface area (Å²) >= 11 is 7.21. The maximum absolute atomic E-state index is 14.1. The molecule has 1 N–H and O–H groups in total. The molecule has 0 saturated heterocycles. The first kappa shape index (κ1) is 26.7. The van der Waals surface area contributed by atoms with Crippen molar-refractivity contribution in [3.8, 4) is 17.4 Å². The number of nitrogens with zero attached hydrogens (tertiary/aromatic N) is 6. The summed E-state index contributed by atoms with van der Waals surface area (Å²) in [5.41, 5.74) is 0.873. The van der Waals surface area contributed by atoms with Crippen LogP contribution in [0.4, 0.5) is 14.7 Å². The Morgan fingerprint density at radius 3 is 2.38 bits per heavy atom. The lowest BCUT2D eigenvalue weighted by Gasteiger charge is -2.23. The molecule has 0 amide bonds. The Balaban J connectivity index is 1.67. The second-order valence-corrected chi connectivity index (χ2v) is 9.62. The number of benzene rings is 1. The van der Waals surface area contributed by atoms with Crippen LogP contribution in [0, 0.1) is 11.6 Å². The minimum atomic E-state index is -0.681. The van der Waals surface area contributed by atoms with Gasteiger partial charge in [0.2, 0.25) is 11.8 Å². The number of hydrogen-bond acceptors (Lipinski definition) is 9. The van der Waals surface area contributed by atoms with E-state index in [4.69, 9.17) is 21.1 Å². The lowest BCUT2D eigenvalue weighted by atomic mass is 10.1. The van der Waals surface area contributed by atoms with Crippen molar-refractivity contribution in [1.82, 2.24) is 29.7 Å². The molecule has 0 saturated carbocycles. The van der Waals surface area contributed by atoms with Crippen molar-refractivity contribution in [3.63, 3.8) is 0 Å². The van der Waals surface area contributed by atoms with Crippen LogP contribution in [0.1, 0.15) is 37.4 Å². The average molecular weight is 548 g/mol. The summed E-state index contributed by atoms with van der Waals surface area (Å²) in [5, 5.41) is 8.87. The van der Waals surface area contributed by atoms with Gasteiger partial charge in [-0.25, -0.2) is 23.7 Å². The van der Waals surface area contributed by atoms with E-state index < -0.39 is 23.8 Å². The molecule has 3 atom stereocenters. The van der Waals surface area contributed by atoms with Gasteiger partial charge in [0.25, 0.3) is 0 Å². The van der Waals surface area contributed by atoms with E-state index in [1.54, 1.807) is 36.8 Å². The number of ether oxygens (including phenoxy) is 2. The van der Waals surface area contributed by atoms with Crippen LogP contribution in [0.3, 0.4) is 0 Å². The molecule has 194 valence electrons. The van der Waals surface area contributed by atoms with E-state index in [2.05, 4.69) is 29.9 Å². The van der Waals surface area contributed by atoms with E-state index >= 15 is 0 Å². The maximum Gasteiger partial charge on any atom is 0.235 e. The zero-order valence-electron chi connectivity index (χ0n) is 20.4. The Bertz CT molecular complexity index is 1340. The largest absolute Gasteiger partial charge is 0.481 e. The number of halogens is 3. The van der Waals surface area contributed by atoms with Crippen LogP contribution in [-0.2, 0) is 4.74 Å². The smallest absolute Gasteiger partial charge is 0.235 e. The Morgan fingerprint density at radius 1 is 1.03 bits per heavy atom. The molecule has 0 aliphatic heterocycles. The van der Waals surface area contributed by atoms with Crippen LogP contribution in [0.25, 0.3) is 11.5 Å². The van der Waals surface area contributed by atoms with Gasteiger partial charge in [-0.1, -0.05) is 17.7 Å². The van der Waals surface area contributed by atoms with E-state index in [0.29, 0.717) is 39.8 Å². The summed E-state index contributed by atoms with van der Waals surface area (Å²) in [6.45, 7) is 3.72. The zero-order valence-corrected chi connectivity index (χ0v) is 22.0. The van der Waals surface area contributed by atoms with Crippen molar-refractivity contribution < 1.29 is 18.3 Å². The molecule has 4 rings (SSSR count). The van der Waals surface area contributed by atoms with Crippen LogP contribution >= 0.6 is 23.5 Å². The molecule has 37 heavy (non-hydrogen) atoms. The van der Waals surface area contributed by atoms with Gasteiger partial charge in [0.1, 0.15) is 23.4 Å². The molecule has 0 aliphatic rings. The first-order chi connectivity index (χ1) is 17.8. The quantitative estimate of drug-likeness (QED) is 0.257. The molecular formula is C24H24ClF2N7O2S.